The summed E-state index contributed by atoms with van der Waals surface area (Å²) in [4.78, 5) is 13.4. The number of benzene rings is 2. The first-order chi connectivity index (χ1) is 14.9. The lowest BCUT2D eigenvalue weighted by molar-refractivity contribution is 0.0329. The third-order valence-electron chi connectivity index (χ3n) is 5.93. The summed E-state index contributed by atoms with van der Waals surface area (Å²) >= 11 is 0. The zero-order chi connectivity index (χ0) is 22.0. The molecule has 0 spiro atoms. The molecule has 1 N–H and O–H groups in total. The zero-order valence-electron chi connectivity index (χ0n) is 18.2. The molecule has 1 aliphatic heterocycles. The number of hydrazone groups is 1. The van der Waals surface area contributed by atoms with Gasteiger partial charge >= 0.3 is 0 Å². The predicted molar refractivity (Wildman–Crippen MR) is 121 cm³/mol. The Morgan fingerprint density at radius 1 is 1.13 bits per heavy atom. The Labute approximate surface area is 182 Å². The fourth-order valence-electron chi connectivity index (χ4n) is 4.17. The Morgan fingerprint density at radius 2 is 1.84 bits per heavy atom. The molecule has 160 valence electrons. The molecule has 1 atom stereocenters. The lowest BCUT2D eigenvalue weighted by Crippen LogP contribution is -2.48. The van der Waals surface area contributed by atoms with Gasteiger partial charge in [-0.25, -0.2) is 5.01 Å². The number of hydrogen-bond donors (Lipinski definition) is 1. The number of carbonyl (C=O) groups is 1. The number of aliphatic hydroxyl groups is 1. The van der Waals surface area contributed by atoms with E-state index < -0.39 is 5.54 Å². The molecule has 1 aromatic heterocycles. The molecule has 6 nitrogen and oxygen atoms in total. The highest BCUT2D eigenvalue weighted by Gasteiger charge is 2.45. The maximum atomic E-state index is 13.4. The molecule has 0 saturated carbocycles. The second-order valence-corrected chi connectivity index (χ2v) is 8.37. The van der Waals surface area contributed by atoms with E-state index in [0.29, 0.717) is 24.9 Å². The topological polar surface area (TPSA) is 70.7 Å². The number of carbonyl (C=O) groups excluding carboxylic acids is 1. The Kier molecular flexibility index (Phi) is 5.74. The molecule has 1 unspecified atom stereocenters. The summed E-state index contributed by atoms with van der Waals surface area (Å²) in [6.45, 7) is 6.52. The van der Waals surface area contributed by atoms with Gasteiger partial charge in [0.2, 0.25) is 0 Å². The maximum absolute atomic E-state index is 13.4. The summed E-state index contributed by atoms with van der Waals surface area (Å²) in [6.07, 6.45) is 4.45. The minimum Gasteiger partial charge on any atom is -0.394 e. The highest BCUT2D eigenvalue weighted by atomic mass is 16.3. The van der Waals surface area contributed by atoms with Crippen molar-refractivity contribution < 1.29 is 9.90 Å². The molecule has 0 aliphatic carbocycles. The van der Waals surface area contributed by atoms with Crippen molar-refractivity contribution >= 4 is 11.6 Å². The predicted octanol–water partition coefficient (Wildman–Crippen LogP) is 3.94. The first-order valence-electron chi connectivity index (χ1n) is 10.6. The van der Waals surface area contributed by atoms with Crippen LogP contribution in [0.4, 0.5) is 0 Å². The van der Waals surface area contributed by atoms with Crippen LogP contribution in [0.5, 0.6) is 0 Å². The quantitative estimate of drug-likeness (QED) is 0.662. The minimum absolute atomic E-state index is 0.148. The largest absolute Gasteiger partial charge is 0.394 e. The van der Waals surface area contributed by atoms with Crippen molar-refractivity contribution in [1.82, 2.24) is 14.8 Å². The van der Waals surface area contributed by atoms with Crippen LogP contribution in [0.15, 0.2) is 66.0 Å². The summed E-state index contributed by atoms with van der Waals surface area (Å²) < 4.78 is 1.75. The summed E-state index contributed by atoms with van der Waals surface area (Å²) in [5.41, 5.74) is 4.95. The van der Waals surface area contributed by atoms with Gasteiger partial charge in [-0.15, -0.1) is 0 Å². The highest BCUT2D eigenvalue weighted by molar-refractivity contribution is 6.05. The zero-order valence-corrected chi connectivity index (χ0v) is 18.2. The number of amides is 1. The molecule has 4 rings (SSSR count). The Balaban J connectivity index is 1.64. The molecule has 3 aromatic rings. The van der Waals surface area contributed by atoms with Gasteiger partial charge in [-0.05, 0) is 31.4 Å². The highest BCUT2D eigenvalue weighted by Crippen LogP contribution is 2.34. The van der Waals surface area contributed by atoms with E-state index in [0.717, 1.165) is 28.0 Å². The summed E-state index contributed by atoms with van der Waals surface area (Å²) in [5.74, 6) is -0.241. The van der Waals surface area contributed by atoms with E-state index in [1.807, 2.05) is 37.3 Å². The van der Waals surface area contributed by atoms with E-state index in [9.17, 15) is 9.90 Å². The van der Waals surface area contributed by atoms with Crippen molar-refractivity contribution in [3.05, 3.63) is 88.7 Å². The van der Waals surface area contributed by atoms with Crippen LogP contribution in [0.1, 0.15) is 52.4 Å². The summed E-state index contributed by atoms with van der Waals surface area (Å²) in [6, 6.07) is 16.3. The Hall–Kier alpha value is -3.25. The van der Waals surface area contributed by atoms with Crippen LogP contribution in [0.3, 0.4) is 0 Å². The van der Waals surface area contributed by atoms with Crippen LogP contribution in [-0.2, 0) is 6.54 Å². The molecule has 1 amide bonds. The average molecular weight is 417 g/mol. The average Bonchev–Trinajstić information content (AvgIpc) is 3.39. The smallest absolute Gasteiger partial charge is 0.277 e. The number of aryl methyl sites for hydroxylation is 2. The fourth-order valence-corrected chi connectivity index (χ4v) is 4.17. The number of aromatic nitrogens is 2. The van der Waals surface area contributed by atoms with Crippen LogP contribution in [0, 0.1) is 13.8 Å². The number of nitrogens with zero attached hydrogens (tertiary/aromatic N) is 4. The number of aliphatic hydroxyl groups excluding tert-OH is 1. The molecular formula is C25H28N4O2. The van der Waals surface area contributed by atoms with Crippen LogP contribution < -0.4 is 0 Å². The summed E-state index contributed by atoms with van der Waals surface area (Å²) in [5, 5.41) is 20.8. The van der Waals surface area contributed by atoms with Crippen molar-refractivity contribution in [2.75, 3.05) is 6.61 Å². The normalized spacial score (nSPS) is 18.3. The van der Waals surface area contributed by atoms with Crippen molar-refractivity contribution in [1.29, 1.82) is 0 Å². The molecule has 2 aromatic carbocycles. The van der Waals surface area contributed by atoms with Crippen molar-refractivity contribution in [2.24, 2.45) is 5.10 Å². The van der Waals surface area contributed by atoms with Gasteiger partial charge in [0.15, 0.2) is 0 Å². The molecular weight excluding hydrogens is 388 g/mol. The fraction of sp³-hybridized carbons (Fsp3) is 0.320. The van der Waals surface area contributed by atoms with Gasteiger partial charge in [-0.3, -0.25) is 9.48 Å². The molecule has 1 aliphatic rings. The molecule has 2 heterocycles. The van der Waals surface area contributed by atoms with E-state index in [1.165, 1.54) is 5.01 Å². The van der Waals surface area contributed by atoms with Crippen molar-refractivity contribution in [2.45, 2.75) is 45.7 Å². The standard InChI is InChI=1S/C25H28N4O2/c1-4-25(17-30)13-23(21-11-18(2)10-19(3)12-21)27-29(25)24(31)22-14-26-28(16-22)15-20-8-6-5-7-9-20/h5-12,14,16,30H,4,13,15,17H2,1-3H3. The van der Waals surface area contributed by atoms with Crippen LogP contribution in [-0.4, -0.2) is 43.7 Å². The van der Waals surface area contributed by atoms with Crippen LogP contribution in [0.25, 0.3) is 0 Å². The van der Waals surface area contributed by atoms with E-state index in [2.05, 4.69) is 37.1 Å². The van der Waals surface area contributed by atoms with Crippen LogP contribution >= 0.6 is 0 Å². The minimum atomic E-state index is -0.744. The van der Waals surface area contributed by atoms with Gasteiger partial charge < -0.3 is 5.11 Å². The van der Waals surface area contributed by atoms with Gasteiger partial charge in [-0.2, -0.15) is 10.2 Å². The lowest BCUT2D eigenvalue weighted by Gasteiger charge is -2.33. The molecule has 6 heteroatoms. The second-order valence-electron chi connectivity index (χ2n) is 8.37. The van der Waals surface area contributed by atoms with Gasteiger partial charge in [0.25, 0.3) is 5.91 Å². The second kappa shape index (κ2) is 8.47. The van der Waals surface area contributed by atoms with Gasteiger partial charge in [0.1, 0.15) is 0 Å². The van der Waals surface area contributed by atoms with Crippen molar-refractivity contribution in [3.63, 3.8) is 0 Å². The molecule has 0 bridgehead atoms. The SMILES string of the molecule is CCC1(CO)CC(c2cc(C)cc(C)c2)=NN1C(=O)c1cnn(Cc2ccccc2)c1. The Bertz CT molecular complexity index is 1090. The molecule has 0 saturated heterocycles. The summed E-state index contributed by atoms with van der Waals surface area (Å²) in [7, 11) is 0. The lowest BCUT2D eigenvalue weighted by atomic mass is 9.88. The van der Waals surface area contributed by atoms with Crippen LogP contribution in [0.2, 0.25) is 0 Å². The third kappa shape index (κ3) is 4.16. The van der Waals surface area contributed by atoms with Gasteiger partial charge in [0, 0.05) is 12.6 Å². The first-order valence-corrected chi connectivity index (χ1v) is 10.6. The van der Waals surface area contributed by atoms with E-state index in [-0.39, 0.29) is 12.5 Å². The monoisotopic (exact) mass is 416 g/mol. The third-order valence-corrected chi connectivity index (χ3v) is 5.93. The molecule has 0 fully saturated rings. The van der Waals surface area contributed by atoms with Gasteiger partial charge in [0.05, 0.1) is 36.2 Å². The van der Waals surface area contributed by atoms with E-state index >= 15 is 0 Å². The van der Waals surface area contributed by atoms with E-state index in [4.69, 9.17) is 5.10 Å². The first kappa shape index (κ1) is 21.0. The number of hydrogen-bond acceptors (Lipinski definition) is 4. The van der Waals surface area contributed by atoms with Gasteiger partial charge in [-0.1, -0.05) is 66.6 Å². The molecule has 31 heavy (non-hydrogen) atoms. The number of rotatable bonds is 6. The maximum Gasteiger partial charge on any atom is 0.277 e. The molecule has 0 radical (unpaired) electrons. The Morgan fingerprint density at radius 3 is 2.48 bits per heavy atom. The van der Waals surface area contributed by atoms with E-state index in [1.54, 1.807) is 17.1 Å². The van der Waals surface area contributed by atoms with Crippen molar-refractivity contribution in [3.8, 4) is 0 Å².